The van der Waals surface area contributed by atoms with Gasteiger partial charge in [0.15, 0.2) is 0 Å². The molecule has 0 spiro atoms. The number of urea groups is 1. The van der Waals surface area contributed by atoms with Gasteiger partial charge in [-0.3, -0.25) is 4.79 Å². The summed E-state index contributed by atoms with van der Waals surface area (Å²) in [7, 11) is 1.57. The molecule has 0 saturated carbocycles. The van der Waals surface area contributed by atoms with Gasteiger partial charge in [-0.15, -0.1) is 0 Å². The maximum atomic E-state index is 12.5. The number of methoxy groups -OCH3 is 1. The molecule has 3 aromatic carbocycles. The number of hydrogen-bond donors (Lipinski definition) is 6. The number of hydrogen-bond acceptors (Lipinski definition) is 8. The van der Waals surface area contributed by atoms with Gasteiger partial charge in [-0.05, 0) is 35.4 Å². The molecule has 3 rings (SSSR count). The summed E-state index contributed by atoms with van der Waals surface area (Å²) in [5.41, 5.74) is 1.49. The molecule has 0 aromatic heterocycles. The number of benzene rings is 3. The van der Waals surface area contributed by atoms with E-state index in [0.29, 0.717) is 6.54 Å². The second-order valence-corrected chi connectivity index (χ2v) is 8.79. The number of aromatic hydroxyl groups is 1. The lowest BCUT2D eigenvalue weighted by Gasteiger charge is -2.16. The van der Waals surface area contributed by atoms with Gasteiger partial charge < -0.3 is 45.7 Å². The first kappa shape index (κ1) is 31.1. The number of carbonyl (C=O) groups excluding carboxylic acids is 3. The topological polar surface area (TPSA) is 185 Å². The van der Waals surface area contributed by atoms with Crippen LogP contribution in [0.4, 0.5) is 9.59 Å². The molecular weight excluding hydrogens is 548 g/mol. The van der Waals surface area contributed by atoms with Crippen molar-refractivity contribution in [2.24, 2.45) is 0 Å². The number of alkyl carbamates (subject to hydrolysis) is 1. The first-order valence-corrected chi connectivity index (χ1v) is 12.8. The molecule has 6 N–H and O–H groups in total. The summed E-state index contributed by atoms with van der Waals surface area (Å²) in [6.45, 7) is 0.0811. The molecule has 0 fully saturated rings. The third-order valence-electron chi connectivity index (χ3n) is 5.75. The molecule has 0 aliphatic heterocycles. The number of amides is 4. The van der Waals surface area contributed by atoms with Crippen LogP contribution in [-0.4, -0.2) is 67.1 Å². The Hall–Kier alpha value is -5.46. The molecule has 0 unspecified atom stereocenters. The van der Waals surface area contributed by atoms with Crippen molar-refractivity contribution < 1.29 is 43.6 Å². The molecule has 1 atom stereocenters. The number of carbonyl (C=O) groups is 4. The molecule has 3 aromatic rings. The summed E-state index contributed by atoms with van der Waals surface area (Å²) in [6.07, 6.45) is -0.964. The highest BCUT2D eigenvalue weighted by atomic mass is 16.5. The van der Waals surface area contributed by atoms with Crippen LogP contribution in [0.1, 0.15) is 21.5 Å². The van der Waals surface area contributed by atoms with Crippen molar-refractivity contribution in [2.45, 2.75) is 19.2 Å². The minimum Gasteiger partial charge on any atom is -0.507 e. The van der Waals surface area contributed by atoms with E-state index < -0.39 is 36.3 Å². The summed E-state index contributed by atoms with van der Waals surface area (Å²) in [5.74, 6) is -1.59. The van der Waals surface area contributed by atoms with Gasteiger partial charge >= 0.3 is 18.1 Å². The monoisotopic (exact) mass is 580 g/mol. The van der Waals surface area contributed by atoms with E-state index in [1.54, 1.807) is 49.6 Å². The fourth-order valence-electron chi connectivity index (χ4n) is 3.51. The van der Waals surface area contributed by atoms with Gasteiger partial charge in [-0.1, -0.05) is 42.5 Å². The first-order chi connectivity index (χ1) is 20.2. The van der Waals surface area contributed by atoms with Crippen LogP contribution in [0.15, 0.2) is 72.8 Å². The van der Waals surface area contributed by atoms with Crippen LogP contribution in [0.3, 0.4) is 0 Å². The fourth-order valence-corrected chi connectivity index (χ4v) is 3.51. The lowest BCUT2D eigenvalue weighted by Crippen LogP contribution is -2.48. The number of carboxylic acids is 1. The highest BCUT2D eigenvalue weighted by Gasteiger charge is 2.22. The average Bonchev–Trinajstić information content (AvgIpc) is 2.99. The van der Waals surface area contributed by atoms with Crippen molar-refractivity contribution in [3.05, 3.63) is 89.5 Å². The minimum absolute atomic E-state index is 0.0541. The Morgan fingerprint density at radius 2 is 1.57 bits per heavy atom. The molecule has 0 bridgehead atoms. The minimum atomic E-state index is -1.47. The first-order valence-electron chi connectivity index (χ1n) is 12.8. The molecular formula is C29H32N4O9. The number of phenolic OH excluding ortho intramolecular Hbond substituents is 1. The maximum absolute atomic E-state index is 12.5. The van der Waals surface area contributed by atoms with E-state index >= 15 is 0 Å². The fraction of sp³-hybridized carbons (Fsp3) is 0.241. The number of phenols is 1. The van der Waals surface area contributed by atoms with Crippen molar-refractivity contribution in [1.29, 1.82) is 0 Å². The molecule has 4 amide bonds. The Morgan fingerprint density at radius 3 is 2.24 bits per heavy atom. The van der Waals surface area contributed by atoms with E-state index in [1.807, 2.05) is 12.1 Å². The van der Waals surface area contributed by atoms with E-state index in [-0.39, 0.29) is 37.1 Å². The summed E-state index contributed by atoms with van der Waals surface area (Å²) < 4.78 is 15.6. The Labute approximate surface area is 241 Å². The number of nitrogens with one attached hydrogen (secondary N) is 4. The summed E-state index contributed by atoms with van der Waals surface area (Å²) in [4.78, 5) is 48.0. The van der Waals surface area contributed by atoms with E-state index in [1.165, 1.54) is 18.2 Å². The molecule has 13 heteroatoms. The molecule has 0 saturated heterocycles. The predicted molar refractivity (Wildman–Crippen MR) is 150 cm³/mol. The lowest BCUT2D eigenvalue weighted by molar-refractivity contribution is -0.139. The molecule has 42 heavy (non-hydrogen) atoms. The van der Waals surface area contributed by atoms with Crippen LogP contribution in [0.25, 0.3) is 0 Å². The van der Waals surface area contributed by atoms with Crippen LogP contribution in [0, 0.1) is 0 Å². The van der Waals surface area contributed by atoms with Crippen molar-refractivity contribution in [3.8, 4) is 17.2 Å². The van der Waals surface area contributed by atoms with Crippen LogP contribution >= 0.6 is 0 Å². The van der Waals surface area contributed by atoms with Crippen LogP contribution in [0.2, 0.25) is 0 Å². The van der Waals surface area contributed by atoms with Gasteiger partial charge in [0.05, 0.1) is 19.2 Å². The highest BCUT2D eigenvalue weighted by molar-refractivity contribution is 5.97. The molecule has 13 nitrogen and oxygen atoms in total. The Kier molecular flexibility index (Phi) is 11.8. The SMILES string of the molecule is COc1ccc(CNC(=O)NCCOc2ccc(C(=O)NC[C@H](NC(=O)OCc3ccccc3)C(=O)O)c(O)c2)cc1. The zero-order chi connectivity index (χ0) is 30.3. The van der Waals surface area contributed by atoms with E-state index in [4.69, 9.17) is 14.2 Å². The Balaban J connectivity index is 1.38. The summed E-state index contributed by atoms with van der Waals surface area (Å²) in [6, 6.07) is 18.2. The van der Waals surface area contributed by atoms with Crippen molar-refractivity contribution >= 4 is 24.0 Å². The van der Waals surface area contributed by atoms with Crippen LogP contribution in [0.5, 0.6) is 17.2 Å². The second kappa shape index (κ2) is 16.0. The number of carboxylic acid groups (broad SMARTS) is 1. The van der Waals surface area contributed by atoms with Gasteiger partial charge in [-0.25, -0.2) is 14.4 Å². The number of ether oxygens (including phenoxy) is 3. The normalized spacial score (nSPS) is 11.0. The van der Waals surface area contributed by atoms with Crippen molar-refractivity contribution in [3.63, 3.8) is 0 Å². The number of rotatable bonds is 14. The standard InChI is InChI=1S/C29H32N4O9/c1-40-21-9-7-19(8-10-21)16-32-28(38)30-13-14-41-22-11-12-23(25(34)15-22)26(35)31-17-24(27(36)37)33-29(39)42-18-20-5-3-2-4-6-20/h2-12,15,24,34H,13-14,16-18H2,1H3,(H,31,35)(H,33,39)(H,36,37)(H2,30,32,38)/t24-/m0/s1. The highest BCUT2D eigenvalue weighted by Crippen LogP contribution is 2.23. The van der Waals surface area contributed by atoms with Crippen LogP contribution in [-0.2, 0) is 22.7 Å². The smallest absolute Gasteiger partial charge is 0.408 e. The molecule has 0 aliphatic carbocycles. The van der Waals surface area contributed by atoms with Crippen molar-refractivity contribution in [2.75, 3.05) is 26.8 Å². The molecule has 0 heterocycles. The van der Waals surface area contributed by atoms with Gasteiger partial charge in [0.2, 0.25) is 0 Å². The summed E-state index contributed by atoms with van der Waals surface area (Å²) in [5, 5.41) is 29.6. The molecule has 222 valence electrons. The maximum Gasteiger partial charge on any atom is 0.408 e. The average molecular weight is 581 g/mol. The van der Waals surface area contributed by atoms with E-state index in [0.717, 1.165) is 16.9 Å². The van der Waals surface area contributed by atoms with E-state index in [9.17, 15) is 29.4 Å². The van der Waals surface area contributed by atoms with Gasteiger partial charge in [-0.2, -0.15) is 0 Å². The number of aliphatic carboxylic acids is 1. The Morgan fingerprint density at radius 1 is 0.857 bits per heavy atom. The Bertz CT molecular complexity index is 1350. The zero-order valence-corrected chi connectivity index (χ0v) is 22.8. The van der Waals surface area contributed by atoms with Crippen molar-refractivity contribution in [1.82, 2.24) is 21.3 Å². The van der Waals surface area contributed by atoms with Crippen LogP contribution < -0.4 is 30.7 Å². The lowest BCUT2D eigenvalue weighted by atomic mass is 10.1. The second-order valence-electron chi connectivity index (χ2n) is 8.79. The quantitative estimate of drug-likeness (QED) is 0.156. The third kappa shape index (κ3) is 10.3. The van der Waals surface area contributed by atoms with Gasteiger partial charge in [0.1, 0.15) is 36.5 Å². The molecule has 0 radical (unpaired) electrons. The summed E-state index contributed by atoms with van der Waals surface area (Å²) >= 11 is 0. The largest absolute Gasteiger partial charge is 0.507 e. The van der Waals surface area contributed by atoms with Gasteiger partial charge in [0.25, 0.3) is 5.91 Å². The molecule has 0 aliphatic rings. The van der Waals surface area contributed by atoms with Gasteiger partial charge in [0, 0.05) is 19.2 Å². The van der Waals surface area contributed by atoms with E-state index in [2.05, 4.69) is 21.3 Å². The third-order valence-corrected chi connectivity index (χ3v) is 5.75. The predicted octanol–water partition coefficient (Wildman–Crippen LogP) is 2.39. The zero-order valence-electron chi connectivity index (χ0n) is 22.8.